The van der Waals surface area contributed by atoms with Gasteiger partial charge in [0.2, 0.25) is 0 Å². The molecule has 0 spiro atoms. The fourth-order valence-corrected chi connectivity index (χ4v) is 9.53. The van der Waals surface area contributed by atoms with E-state index in [9.17, 15) is 0 Å². The number of hydrogen-bond donors (Lipinski definition) is 0. The number of anilines is 3. The van der Waals surface area contributed by atoms with Crippen molar-refractivity contribution in [1.82, 2.24) is 0 Å². The Kier molecular flexibility index (Phi) is 7.11. The fraction of sp³-hybridized carbons (Fsp3) is 0. The predicted molar refractivity (Wildman–Crippen MR) is 235 cm³/mol. The Labute approximate surface area is 317 Å². The van der Waals surface area contributed by atoms with Crippen molar-refractivity contribution in [3.63, 3.8) is 0 Å². The Hall–Kier alpha value is -6.74. The summed E-state index contributed by atoms with van der Waals surface area (Å²) in [5, 5.41) is 12.9. The molecule has 11 rings (SSSR count). The Bertz CT molecular complexity index is 3200. The van der Waals surface area contributed by atoms with E-state index in [1.54, 1.807) is 0 Å². The summed E-state index contributed by atoms with van der Waals surface area (Å²) in [4.78, 5) is 2.39. The van der Waals surface area contributed by atoms with Crippen LogP contribution in [0.4, 0.5) is 17.1 Å². The largest absolute Gasteiger partial charge is 0.310 e. The molecule has 10 aromatic carbocycles. The number of thiophene rings is 1. The maximum Gasteiger partial charge on any atom is 0.0476 e. The summed E-state index contributed by atoms with van der Waals surface area (Å²) in [6.07, 6.45) is 0. The highest BCUT2D eigenvalue weighted by Gasteiger charge is 2.16. The van der Waals surface area contributed by atoms with Gasteiger partial charge >= 0.3 is 0 Å². The first-order chi connectivity index (χ1) is 26.7. The van der Waals surface area contributed by atoms with Crippen molar-refractivity contribution < 1.29 is 0 Å². The minimum absolute atomic E-state index is 1.12. The quantitative estimate of drug-likeness (QED) is 0.161. The van der Waals surface area contributed by atoms with Crippen LogP contribution in [-0.4, -0.2) is 0 Å². The van der Waals surface area contributed by atoms with E-state index in [1.165, 1.54) is 85.5 Å². The molecule has 0 saturated carbocycles. The normalized spacial score (nSPS) is 11.7. The van der Waals surface area contributed by atoms with Crippen molar-refractivity contribution in [1.29, 1.82) is 0 Å². The Morgan fingerprint density at radius 2 is 0.833 bits per heavy atom. The lowest BCUT2D eigenvalue weighted by molar-refractivity contribution is 1.29. The molecule has 0 saturated heterocycles. The average molecular weight is 704 g/mol. The molecule has 1 nitrogen and oxygen atoms in total. The van der Waals surface area contributed by atoms with E-state index in [4.69, 9.17) is 0 Å². The van der Waals surface area contributed by atoms with Crippen LogP contribution in [0.2, 0.25) is 0 Å². The van der Waals surface area contributed by atoms with Gasteiger partial charge < -0.3 is 4.90 Å². The molecule has 252 valence electrons. The van der Waals surface area contributed by atoms with Crippen molar-refractivity contribution in [2.75, 3.05) is 4.90 Å². The molecular formula is C52H33NS. The first kappa shape index (κ1) is 30.8. The van der Waals surface area contributed by atoms with Crippen molar-refractivity contribution in [3.05, 3.63) is 200 Å². The van der Waals surface area contributed by atoms with Crippen LogP contribution in [0, 0.1) is 0 Å². The number of nitrogens with zero attached hydrogens (tertiary/aromatic N) is 1. The van der Waals surface area contributed by atoms with Crippen LogP contribution in [0.3, 0.4) is 0 Å². The fourth-order valence-electron chi connectivity index (χ4n) is 8.39. The molecule has 1 aromatic heterocycles. The highest BCUT2D eigenvalue weighted by Crippen LogP contribution is 2.42. The second-order valence-electron chi connectivity index (χ2n) is 14.1. The highest BCUT2D eigenvalue weighted by atomic mass is 32.1. The lowest BCUT2D eigenvalue weighted by Gasteiger charge is -2.26. The van der Waals surface area contributed by atoms with Gasteiger partial charge in [-0.1, -0.05) is 152 Å². The van der Waals surface area contributed by atoms with Crippen LogP contribution in [0.25, 0.3) is 85.5 Å². The summed E-state index contributed by atoms with van der Waals surface area (Å²) < 4.78 is 2.61. The molecule has 0 aliphatic heterocycles. The van der Waals surface area contributed by atoms with Crippen molar-refractivity contribution in [2.24, 2.45) is 0 Å². The third-order valence-corrected chi connectivity index (χ3v) is 12.2. The van der Waals surface area contributed by atoms with E-state index in [0.29, 0.717) is 0 Å². The molecule has 0 atom stereocenters. The van der Waals surface area contributed by atoms with Gasteiger partial charge in [-0.15, -0.1) is 11.3 Å². The van der Waals surface area contributed by atoms with Crippen LogP contribution in [0.1, 0.15) is 0 Å². The molecule has 0 unspecified atom stereocenters. The SMILES string of the molecule is c1ccc2c(-c3ccc(N(c4ccc(-c5ccc6c(ccc7ccc8ccccc8c76)c5)cc4)c4ccc5c(c4)sc4ccccc45)cc3)cccc2c1. The zero-order valence-electron chi connectivity index (χ0n) is 29.4. The van der Waals surface area contributed by atoms with Gasteiger partial charge in [-0.3, -0.25) is 0 Å². The van der Waals surface area contributed by atoms with Crippen LogP contribution in [0.15, 0.2) is 200 Å². The van der Waals surface area contributed by atoms with Crippen LogP contribution < -0.4 is 4.90 Å². The van der Waals surface area contributed by atoms with Gasteiger partial charge in [-0.05, 0) is 114 Å². The van der Waals surface area contributed by atoms with Gasteiger partial charge in [0.05, 0.1) is 0 Å². The molecule has 0 aliphatic rings. The van der Waals surface area contributed by atoms with E-state index in [0.717, 1.165) is 17.1 Å². The van der Waals surface area contributed by atoms with Gasteiger partial charge in [0.15, 0.2) is 0 Å². The molecule has 0 aliphatic carbocycles. The van der Waals surface area contributed by atoms with Gasteiger partial charge in [-0.2, -0.15) is 0 Å². The monoisotopic (exact) mass is 703 g/mol. The molecule has 1 heterocycles. The molecule has 0 bridgehead atoms. The number of fused-ring (bicyclic) bond motifs is 9. The third kappa shape index (κ3) is 5.07. The third-order valence-electron chi connectivity index (χ3n) is 11.0. The first-order valence-electron chi connectivity index (χ1n) is 18.5. The van der Waals surface area contributed by atoms with E-state index in [-0.39, 0.29) is 0 Å². The number of rotatable bonds is 5. The lowest BCUT2D eigenvalue weighted by Crippen LogP contribution is -2.09. The Balaban J connectivity index is 1.01. The Morgan fingerprint density at radius 1 is 0.296 bits per heavy atom. The van der Waals surface area contributed by atoms with Gasteiger partial charge in [0.1, 0.15) is 0 Å². The lowest BCUT2D eigenvalue weighted by atomic mass is 9.94. The molecule has 0 radical (unpaired) electrons. The zero-order valence-corrected chi connectivity index (χ0v) is 30.2. The topological polar surface area (TPSA) is 3.24 Å². The van der Waals surface area contributed by atoms with Gasteiger partial charge in [0.25, 0.3) is 0 Å². The second kappa shape index (κ2) is 12.4. The van der Waals surface area contributed by atoms with Crippen molar-refractivity contribution >= 4 is 91.7 Å². The highest BCUT2D eigenvalue weighted by molar-refractivity contribution is 7.25. The molecule has 54 heavy (non-hydrogen) atoms. The van der Waals surface area contributed by atoms with Crippen LogP contribution in [0.5, 0.6) is 0 Å². The number of benzene rings is 10. The summed E-state index contributed by atoms with van der Waals surface area (Å²) >= 11 is 1.86. The molecule has 11 aromatic rings. The molecule has 2 heteroatoms. The van der Waals surface area contributed by atoms with Crippen LogP contribution in [-0.2, 0) is 0 Å². The molecule has 0 amide bonds. The van der Waals surface area contributed by atoms with Crippen LogP contribution >= 0.6 is 11.3 Å². The van der Waals surface area contributed by atoms with Gasteiger partial charge in [-0.25, -0.2) is 0 Å². The minimum Gasteiger partial charge on any atom is -0.310 e. The van der Waals surface area contributed by atoms with E-state index in [1.807, 2.05) is 11.3 Å². The maximum absolute atomic E-state index is 2.39. The molecular weight excluding hydrogens is 671 g/mol. The first-order valence-corrected chi connectivity index (χ1v) is 19.3. The smallest absolute Gasteiger partial charge is 0.0476 e. The van der Waals surface area contributed by atoms with E-state index in [2.05, 4.69) is 205 Å². The Morgan fingerprint density at radius 3 is 1.63 bits per heavy atom. The van der Waals surface area contributed by atoms with Gasteiger partial charge in [0, 0.05) is 37.2 Å². The zero-order chi connectivity index (χ0) is 35.6. The molecule has 0 fully saturated rings. The summed E-state index contributed by atoms with van der Waals surface area (Å²) in [5.41, 5.74) is 8.26. The second-order valence-corrected chi connectivity index (χ2v) is 15.2. The van der Waals surface area contributed by atoms with Crippen molar-refractivity contribution in [2.45, 2.75) is 0 Å². The average Bonchev–Trinajstić information content (AvgIpc) is 3.62. The summed E-state index contributed by atoms with van der Waals surface area (Å²) in [6.45, 7) is 0. The summed E-state index contributed by atoms with van der Waals surface area (Å²) in [7, 11) is 0. The van der Waals surface area contributed by atoms with E-state index >= 15 is 0 Å². The standard InChI is InChI=1S/C52H33NS/c1-3-11-44-35(8-1)10-7-14-45(44)37-22-27-42(28-23-37)53(43-29-31-49-48-13-5-6-15-50(48)54-51(49)33-43)41-25-20-34(21-26-41)39-24-30-47-40(32-39)19-18-38-17-16-36-9-2-4-12-46(36)52(38)47/h1-33H. The van der Waals surface area contributed by atoms with Crippen molar-refractivity contribution in [3.8, 4) is 22.3 Å². The number of hydrogen-bond acceptors (Lipinski definition) is 2. The minimum atomic E-state index is 1.12. The summed E-state index contributed by atoms with van der Waals surface area (Å²) in [6, 6.07) is 73.5. The molecule has 0 N–H and O–H groups in total. The maximum atomic E-state index is 2.39. The van der Waals surface area contributed by atoms with E-state index < -0.39 is 0 Å². The predicted octanol–water partition coefficient (Wildman–Crippen LogP) is 15.5. The summed E-state index contributed by atoms with van der Waals surface area (Å²) in [5.74, 6) is 0.